The summed E-state index contributed by atoms with van der Waals surface area (Å²) in [6.07, 6.45) is 2.14. The molecule has 1 amide bonds. The molecule has 29 heavy (non-hydrogen) atoms. The number of fused-ring (bicyclic) bond motifs is 1. The molecule has 3 rings (SSSR count). The number of aryl methyl sites for hydroxylation is 1. The molecule has 0 spiro atoms. The summed E-state index contributed by atoms with van der Waals surface area (Å²) in [5, 5.41) is 12.8. The Morgan fingerprint density at radius 2 is 1.86 bits per heavy atom. The topological polar surface area (TPSA) is 80.6 Å². The number of benzene rings is 2. The molecule has 2 aromatic carbocycles. The fraction of sp³-hybridized carbons (Fsp3) is 0.304. The van der Waals surface area contributed by atoms with Gasteiger partial charge in [-0.25, -0.2) is 4.79 Å². The van der Waals surface area contributed by atoms with Gasteiger partial charge in [-0.3, -0.25) is 4.79 Å². The van der Waals surface area contributed by atoms with Crippen LogP contribution in [0.15, 0.2) is 60.8 Å². The van der Waals surface area contributed by atoms with Crippen molar-refractivity contribution in [2.45, 2.75) is 39.5 Å². The predicted molar refractivity (Wildman–Crippen MR) is 112 cm³/mol. The molecule has 0 saturated carbocycles. The number of hydrogen-bond donors (Lipinski definition) is 2. The van der Waals surface area contributed by atoms with Crippen LogP contribution in [0.1, 0.15) is 25.8 Å². The zero-order valence-electron chi connectivity index (χ0n) is 16.7. The Morgan fingerprint density at radius 1 is 1.10 bits per heavy atom. The first-order valence-corrected chi connectivity index (χ1v) is 9.72. The number of carboxylic acid groups (broad SMARTS) is 1. The average Bonchev–Trinajstić information content (AvgIpc) is 3.11. The van der Waals surface area contributed by atoms with E-state index in [0.717, 1.165) is 22.2 Å². The number of aliphatic carboxylic acids is 1. The van der Waals surface area contributed by atoms with E-state index < -0.39 is 12.0 Å². The van der Waals surface area contributed by atoms with Crippen molar-refractivity contribution in [3.63, 3.8) is 0 Å². The van der Waals surface area contributed by atoms with Gasteiger partial charge in [0.1, 0.15) is 18.4 Å². The minimum Gasteiger partial charge on any atom is -0.489 e. The van der Waals surface area contributed by atoms with Crippen LogP contribution < -0.4 is 10.1 Å². The van der Waals surface area contributed by atoms with Crippen LogP contribution >= 0.6 is 0 Å². The third-order valence-corrected chi connectivity index (χ3v) is 4.82. The largest absolute Gasteiger partial charge is 0.489 e. The number of rotatable bonds is 9. The quantitative estimate of drug-likeness (QED) is 0.578. The number of ether oxygens (including phenoxy) is 1. The monoisotopic (exact) mass is 394 g/mol. The highest BCUT2D eigenvalue weighted by molar-refractivity contribution is 5.84. The molecule has 0 unspecified atom stereocenters. The molecule has 3 aromatic rings. The highest BCUT2D eigenvalue weighted by atomic mass is 16.5. The summed E-state index contributed by atoms with van der Waals surface area (Å²) >= 11 is 0. The van der Waals surface area contributed by atoms with Gasteiger partial charge < -0.3 is 19.7 Å². The van der Waals surface area contributed by atoms with Crippen molar-refractivity contribution in [3.8, 4) is 5.75 Å². The third kappa shape index (κ3) is 5.38. The average molecular weight is 394 g/mol. The van der Waals surface area contributed by atoms with E-state index in [1.165, 1.54) is 0 Å². The maximum atomic E-state index is 12.2. The van der Waals surface area contributed by atoms with E-state index in [1.807, 2.05) is 65.4 Å². The molecule has 0 aliphatic rings. The van der Waals surface area contributed by atoms with Crippen molar-refractivity contribution in [1.82, 2.24) is 9.88 Å². The molecule has 0 aliphatic heterocycles. The summed E-state index contributed by atoms with van der Waals surface area (Å²) < 4.78 is 7.85. The van der Waals surface area contributed by atoms with Gasteiger partial charge in [0.05, 0.1) is 0 Å². The van der Waals surface area contributed by atoms with Gasteiger partial charge in [-0.15, -0.1) is 0 Å². The summed E-state index contributed by atoms with van der Waals surface area (Å²) in [6, 6.07) is 17.0. The number of aromatic nitrogens is 1. The van der Waals surface area contributed by atoms with Crippen LogP contribution in [0.2, 0.25) is 0 Å². The van der Waals surface area contributed by atoms with Crippen molar-refractivity contribution >= 4 is 22.8 Å². The van der Waals surface area contributed by atoms with Crippen LogP contribution in [-0.2, 0) is 22.7 Å². The number of nitrogens with zero attached hydrogens (tertiary/aromatic N) is 1. The second kappa shape index (κ2) is 9.28. The molecule has 0 aliphatic carbocycles. The van der Waals surface area contributed by atoms with Gasteiger partial charge in [-0.2, -0.15) is 0 Å². The summed E-state index contributed by atoms with van der Waals surface area (Å²) in [7, 11) is 0. The Balaban J connectivity index is 1.59. The summed E-state index contributed by atoms with van der Waals surface area (Å²) in [5.41, 5.74) is 2.11. The van der Waals surface area contributed by atoms with Gasteiger partial charge in [-0.05, 0) is 35.7 Å². The number of carboxylic acids is 1. The molecule has 6 nitrogen and oxygen atoms in total. The first-order chi connectivity index (χ1) is 13.9. The molecule has 2 N–H and O–H groups in total. The van der Waals surface area contributed by atoms with E-state index >= 15 is 0 Å². The lowest BCUT2D eigenvalue weighted by Gasteiger charge is -2.18. The lowest BCUT2D eigenvalue weighted by Crippen LogP contribution is -2.44. The predicted octanol–water partition coefficient (Wildman–Crippen LogP) is 3.84. The maximum Gasteiger partial charge on any atom is 0.326 e. The molecule has 1 atom stereocenters. The smallest absolute Gasteiger partial charge is 0.326 e. The van der Waals surface area contributed by atoms with Crippen LogP contribution in [-0.4, -0.2) is 27.6 Å². The molecule has 152 valence electrons. The Kier molecular flexibility index (Phi) is 6.54. The Hall–Kier alpha value is -3.28. The van der Waals surface area contributed by atoms with Gasteiger partial charge in [0.15, 0.2) is 0 Å². The highest BCUT2D eigenvalue weighted by Crippen LogP contribution is 2.23. The van der Waals surface area contributed by atoms with E-state index in [9.17, 15) is 14.7 Å². The number of carbonyl (C=O) groups excluding carboxylic acids is 1. The van der Waals surface area contributed by atoms with Gasteiger partial charge >= 0.3 is 5.97 Å². The van der Waals surface area contributed by atoms with Crippen molar-refractivity contribution < 1.29 is 19.4 Å². The van der Waals surface area contributed by atoms with Crippen LogP contribution in [0.3, 0.4) is 0 Å². The number of nitrogens with one attached hydrogen (secondary N) is 1. The molecule has 6 heteroatoms. The van der Waals surface area contributed by atoms with Crippen molar-refractivity contribution in [1.29, 1.82) is 0 Å². The van der Waals surface area contributed by atoms with E-state index in [0.29, 0.717) is 13.2 Å². The summed E-state index contributed by atoms with van der Waals surface area (Å²) in [6.45, 7) is 4.53. The van der Waals surface area contributed by atoms with E-state index in [4.69, 9.17) is 4.74 Å². The zero-order chi connectivity index (χ0) is 20.8. The van der Waals surface area contributed by atoms with Crippen molar-refractivity contribution in [2.75, 3.05) is 0 Å². The van der Waals surface area contributed by atoms with Gasteiger partial charge in [0, 0.05) is 30.1 Å². The fourth-order valence-corrected chi connectivity index (χ4v) is 3.19. The first-order valence-electron chi connectivity index (χ1n) is 9.72. The molecular weight excluding hydrogens is 368 g/mol. The number of hydrogen-bond acceptors (Lipinski definition) is 3. The number of amides is 1. The van der Waals surface area contributed by atoms with E-state index in [1.54, 1.807) is 13.8 Å². The minimum atomic E-state index is -1.01. The SMILES string of the molecule is CC(C)[C@H](NC(=O)CCn1ccc2cc(OCc3ccccc3)ccc21)C(=O)O. The maximum absolute atomic E-state index is 12.2. The molecular formula is C23H26N2O4. The van der Waals surface area contributed by atoms with Gasteiger partial charge in [0.2, 0.25) is 5.91 Å². The molecule has 1 heterocycles. The molecule has 0 radical (unpaired) electrons. The third-order valence-electron chi connectivity index (χ3n) is 4.82. The first kappa shape index (κ1) is 20.5. The van der Waals surface area contributed by atoms with Crippen molar-refractivity contribution in [2.24, 2.45) is 5.92 Å². The lowest BCUT2D eigenvalue weighted by atomic mass is 10.0. The molecule has 0 fully saturated rings. The highest BCUT2D eigenvalue weighted by Gasteiger charge is 2.23. The molecule has 0 saturated heterocycles. The van der Waals surface area contributed by atoms with Crippen molar-refractivity contribution in [3.05, 3.63) is 66.4 Å². The Bertz CT molecular complexity index is 979. The second-order valence-corrected chi connectivity index (χ2v) is 7.38. The second-order valence-electron chi connectivity index (χ2n) is 7.38. The van der Waals surface area contributed by atoms with Gasteiger partial charge in [-0.1, -0.05) is 44.2 Å². The standard InChI is InChI=1S/C23H26N2O4/c1-16(2)22(23(27)28)24-21(26)11-13-25-12-10-18-14-19(8-9-20(18)25)29-15-17-6-4-3-5-7-17/h3-10,12,14,16,22H,11,13,15H2,1-2H3,(H,24,26)(H,27,28)/t22-/m0/s1. The number of carbonyl (C=O) groups is 2. The molecule has 1 aromatic heterocycles. The molecule has 0 bridgehead atoms. The lowest BCUT2D eigenvalue weighted by molar-refractivity contribution is -0.143. The van der Waals surface area contributed by atoms with Crippen LogP contribution in [0.25, 0.3) is 10.9 Å². The zero-order valence-corrected chi connectivity index (χ0v) is 16.7. The Labute approximate surface area is 170 Å². The van der Waals surface area contributed by atoms with E-state index in [2.05, 4.69) is 5.32 Å². The summed E-state index contributed by atoms with van der Waals surface area (Å²) in [5.74, 6) is -0.658. The Morgan fingerprint density at radius 3 is 2.55 bits per heavy atom. The van der Waals surface area contributed by atoms with Crippen LogP contribution in [0.5, 0.6) is 5.75 Å². The normalized spacial score (nSPS) is 12.1. The fourth-order valence-electron chi connectivity index (χ4n) is 3.19. The van der Waals surface area contributed by atoms with Crippen LogP contribution in [0, 0.1) is 5.92 Å². The van der Waals surface area contributed by atoms with Gasteiger partial charge in [0.25, 0.3) is 0 Å². The summed E-state index contributed by atoms with van der Waals surface area (Å²) in [4.78, 5) is 23.4. The van der Waals surface area contributed by atoms with Crippen LogP contribution in [0.4, 0.5) is 0 Å². The van der Waals surface area contributed by atoms with E-state index in [-0.39, 0.29) is 18.2 Å². The minimum absolute atomic E-state index is 0.168.